The first-order valence-corrected chi connectivity index (χ1v) is 7.06. The minimum atomic E-state index is -0.479. The zero-order valence-corrected chi connectivity index (χ0v) is 12.6. The molecule has 3 aromatic rings. The van der Waals surface area contributed by atoms with Crippen molar-refractivity contribution in [2.75, 3.05) is 12.4 Å². The van der Waals surface area contributed by atoms with Crippen molar-refractivity contribution in [3.8, 4) is 0 Å². The average Bonchev–Trinajstić information content (AvgIpc) is 2.55. The number of carbonyl (C=O) groups is 1. The number of rotatable bonds is 3. The van der Waals surface area contributed by atoms with E-state index in [9.17, 15) is 4.79 Å². The van der Waals surface area contributed by atoms with E-state index in [2.05, 4.69) is 10.3 Å². The van der Waals surface area contributed by atoms with Crippen molar-refractivity contribution in [2.45, 2.75) is 0 Å². The van der Waals surface area contributed by atoms with Gasteiger partial charge in [0.15, 0.2) is 5.69 Å². The molecule has 0 saturated heterocycles. The first kappa shape index (κ1) is 14.4. The number of pyridine rings is 1. The van der Waals surface area contributed by atoms with Crippen molar-refractivity contribution in [1.29, 1.82) is 0 Å². The maximum Gasteiger partial charge on any atom is 0.356 e. The van der Waals surface area contributed by atoms with Gasteiger partial charge in [0.25, 0.3) is 0 Å². The highest BCUT2D eigenvalue weighted by atomic mass is 35.5. The van der Waals surface area contributed by atoms with E-state index in [1.165, 1.54) is 7.11 Å². The Morgan fingerprint density at radius 1 is 1.14 bits per heavy atom. The van der Waals surface area contributed by atoms with Crippen molar-refractivity contribution in [1.82, 2.24) is 4.98 Å². The molecule has 0 aliphatic rings. The molecule has 0 fully saturated rings. The van der Waals surface area contributed by atoms with Gasteiger partial charge in [-0.15, -0.1) is 0 Å². The van der Waals surface area contributed by atoms with Crippen LogP contribution in [0.25, 0.3) is 10.9 Å². The average molecular weight is 313 g/mol. The SMILES string of the molecule is COC(=O)c1cc(Nc2ccccc2)c2cc(Cl)ccc2n1. The zero-order valence-electron chi connectivity index (χ0n) is 11.8. The fraction of sp³-hybridized carbons (Fsp3) is 0.0588. The van der Waals surface area contributed by atoms with E-state index < -0.39 is 5.97 Å². The van der Waals surface area contributed by atoms with Gasteiger partial charge in [0, 0.05) is 16.1 Å². The largest absolute Gasteiger partial charge is 0.464 e. The lowest BCUT2D eigenvalue weighted by atomic mass is 10.1. The quantitative estimate of drug-likeness (QED) is 0.727. The van der Waals surface area contributed by atoms with E-state index in [1.54, 1.807) is 18.2 Å². The molecule has 22 heavy (non-hydrogen) atoms. The van der Waals surface area contributed by atoms with E-state index in [0.717, 1.165) is 16.8 Å². The number of para-hydroxylation sites is 1. The molecule has 0 bridgehead atoms. The molecule has 2 aromatic carbocycles. The van der Waals surface area contributed by atoms with Crippen LogP contribution in [0.2, 0.25) is 5.02 Å². The molecule has 0 atom stereocenters. The van der Waals surface area contributed by atoms with Crippen LogP contribution in [0.15, 0.2) is 54.6 Å². The number of benzene rings is 2. The lowest BCUT2D eigenvalue weighted by Gasteiger charge is -2.11. The van der Waals surface area contributed by atoms with Gasteiger partial charge in [0.2, 0.25) is 0 Å². The number of nitrogens with one attached hydrogen (secondary N) is 1. The summed E-state index contributed by atoms with van der Waals surface area (Å²) >= 11 is 6.08. The van der Waals surface area contributed by atoms with Crippen LogP contribution in [0.3, 0.4) is 0 Å². The molecule has 1 aromatic heterocycles. The Bertz CT molecular complexity index is 835. The van der Waals surface area contributed by atoms with Crippen molar-refractivity contribution < 1.29 is 9.53 Å². The van der Waals surface area contributed by atoms with Gasteiger partial charge in [0.05, 0.1) is 18.3 Å². The first-order valence-electron chi connectivity index (χ1n) is 6.68. The second kappa shape index (κ2) is 6.03. The molecule has 1 N–H and O–H groups in total. The standard InChI is InChI=1S/C17H13ClN2O2/c1-22-17(21)16-10-15(19-12-5-3-2-4-6-12)13-9-11(18)7-8-14(13)20-16/h2-10H,1H3,(H,19,20). The third-order valence-corrected chi connectivity index (χ3v) is 3.45. The fourth-order valence-corrected chi connectivity index (χ4v) is 2.36. The van der Waals surface area contributed by atoms with Crippen LogP contribution in [-0.4, -0.2) is 18.1 Å². The van der Waals surface area contributed by atoms with Crippen LogP contribution in [0.5, 0.6) is 0 Å². The molecule has 0 amide bonds. The van der Waals surface area contributed by atoms with Gasteiger partial charge in [-0.2, -0.15) is 0 Å². The third kappa shape index (κ3) is 2.87. The number of hydrogen-bond acceptors (Lipinski definition) is 4. The van der Waals surface area contributed by atoms with Crippen molar-refractivity contribution in [2.24, 2.45) is 0 Å². The number of anilines is 2. The fourth-order valence-electron chi connectivity index (χ4n) is 2.19. The summed E-state index contributed by atoms with van der Waals surface area (Å²) in [5.41, 5.74) is 2.58. The molecule has 0 saturated carbocycles. The van der Waals surface area contributed by atoms with E-state index >= 15 is 0 Å². The molecule has 0 aliphatic heterocycles. The summed E-state index contributed by atoms with van der Waals surface area (Å²) in [6.07, 6.45) is 0. The number of halogens is 1. The van der Waals surface area contributed by atoms with E-state index in [0.29, 0.717) is 10.5 Å². The lowest BCUT2D eigenvalue weighted by Crippen LogP contribution is -2.06. The zero-order chi connectivity index (χ0) is 15.5. The van der Waals surface area contributed by atoms with Crippen LogP contribution in [0, 0.1) is 0 Å². The van der Waals surface area contributed by atoms with E-state index in [4.69, 9.17) is 16.3 Å². The van der Waals surface area contributed by atoms with Crippen LogP contribution >= 0.6 is 11.6 Å². The molecule has 0 spiro atoms. The topological polar surface area (TPSA) is 51.2 Å². The first-order chi connectivity index (χ1) is 10.7. The van der Waals surface area contributed by atoms with Gasteiger partial charge in [-0.3, -0.25) is 0 Å². The molecule has 4 nitrogen and oxygen atoms in total. The highest BCUT2D eigenvalue weighted by Crippen LogP contribution is 2.29. The third-order valence-electron chi connectivity index (χ3n) is 3.22. The summed E-state index contributed by atoms with van der Waals surface area (Å²) in [6, 6.07) is 16.7. The van der Waals surface area contributed by atoms with Gasteiger partial charge in [-0.25, -0.2) is 9.78 Å². The number of aromatic nitrogens is 1. The van der Waals surface area contributed by atoms with Gasteiger partial charge >= 0.3 is 5.97 Å². The van der Waals surface area contributed by atoms with Crippen molar-refractivity contribution in [3.63, 3.8) is 0 Å². The molecule has 0 radical (unpaired) electrons. The maximum atomic E-state index is 11.8. The summed E-state index contributed by atoms with van der Waals surface area (Å²) in [4.78, 5) is 16.1. The number of nitrogens with zero attached hydrogens (tertiary/aromatic N) is 1. The Labute approximate surface area is 132 Å². The van der Waals surface area contributed by atoms with Crippen molar-refractivity contribution in [3.05, 3.63) is 65.3 Å². The summed E-state index contributed by atoms with van der Waals surface area (Å²) in [7, 11) is 1.33. The molecular formula is C17H13ClN2O2. The van der Waals surface area contributed by atoms with Crippen molar-refractivity contribution >= 4 is 39.8 Å². The van der Waals surface area contributed by atoms with Gasteiger partial charge in [-0.1, -0.05) is 29.8 Å². The maximum absolute atomic E-state index is 11.8. The minimum absolute atomic E-state index is 0.246. The molecular weight excluding hydrogens is 300 g/mol. The highest BCUT2D eigenvalue weighted by molar-refractivity contribution is 6.31. The second-order valence-corrected chi connectivity index (χ2v) is 5.14. The Balaban J connectivity index is 2.16. The molecule has 1 heterocycles. The predicted octanol–water partition coefficient (Wildman–Crippen LogP) is 4.42. The molecule has 110 valence electrons. The van der Waals surface area contributed by atoms with Crippen LogP contribution in [0.1, 0.15) is 10.5 Å². The van der Waals surface area contributed by atoms with Gasteiger partial charge in [-0.05, 0) is 36.4 Å². The number of methoxy groups -OCH3 is 1. The summed E-state index contributed by atoms with van der Waals surface area (Å²) < 4.78 is 4.76. The van der Waals surface area contributed by atoms with Crippen LogP contribution in [0.4, 0.5) is 11.4 Å². The lowest BCUT2D eigenvalue weighted by molar-refractivity contribution is 0.0594. The Morgan fingerprint density at radius 3 is 2.64 bits per heavy atom. The predicted molar refractivity (Wildman–Crippen MR) is 87.8 cm³/mol. The Hall–Kier alpha value is -2.59. The number of ether oxygens (including phenoxy) is 1. The highest BCUT2D eigenvalue weighted by Gasteiger charge is 2.13. The summed E-state index contributed by atoms with van der Waals surface area (Å²) in [5, 5.41) is 4.73. The number of hydrogen-bond donors (Lipinski definition) is 1. The van der Waals surface area contributed by atoms with Crippen LogP contribution < -0.4 is 5.32 Å². The van der Waals surface area contributed by atoms with E-state index in [1.807, 2.05) is 36.4 Å². The molecule has 3 rings (SSSR count). The van der Waals surface area contributed by atoms with Crippen LogP contribution in [-0.2, 0) is 4.74 Å². The normalized spacial score (nSPS) is 10.5. The summed E-state index contributed by atoms with van der Waals surface area (Å²) in [6.45, 7) is 0. The van der Waals surface area contributed by atoms with Gasteiger partial charge in [0.1, 0.15) is 0 Å². The monoisotopic (exact) mass is 312 g/mol. The van der Waals surface area contributed by atoms with E-state index in [-0.39, 0.29) is 5.69 Å². The molecule has 5 heteroatoms. The number of esters is 1. The second-order valence-electron chi connectivity index (χ2n) is 4.70. The summed E-state index contributed by atoms with van der Waals surface area (Å²) in [5.74, 6) is -0.479. The minimum Gasteiger partial charge on any atom is -0.464 e. The number of fused-ring (bicyclic) bond motifs is 1. The molecule has 0 aliphatic carbocycles. The smallest absolute Gasteiger partial charge is 0.356 e. The number of carbonyl (C=O) groups excluding carboxylic acids is 1. The Kier molecular flexibility index (Phi) is 3.94. The van der Waals surface area contributed by atoms with Gasteiger partial charge < -0.3 is 10.1 Å². The molecule has 0 unspecified atom stereocenters. The Morgan fingerprint density at radius 2 is 1.91 bits per heavy atom.